The number of hydrogen-bond donors (Lipinski definition) is 0. The molecule has 1 aromatic heterocycles. The number of nitriles is 1. The van der Waals surface area contributed by atoms with Gasteiger partial charge in [0.2, 0.25) is 0 Å². The van der Waals surface area contributed by atoms with Gasteiger partial charge in [-0.05, 0) is 37.8 Å². The summed E-state index contributed by atoms with van der Waals surface area (Å²) in [4.78, 5) is 15.2. The smallest absolute Gasteiger partial charge is 0.149 e. The second-order valence-electron chi connectivity index (χ2n) is 9.58. The van der Waals surface area contributed by atoms with Gasteiger partial charge in [-0.1, -0.05) is 25.7 Å². The highest BCUT2D eigenvalue weighted by Crippen LogP contribution is 2.29. The van der Waals surface area contributed by atoms with Crippen molar-refractivity contribution in [3.63, 3.8) is 0 Å². The quantitative estimate of drug-likeness (QED) is 0.763. The molecule has 6 nitrogen and oxygen atoms in total. The molecule has 0 atom stereocenters. The van der Waals surface area contributed by atoms with Gasteiger partial charge >= 0.3 is 0 Å². The Morgan fingerprint density at radius 1 is 0.700 bits per heavy atom. The molecular weight excluding hydrogens is 372 g/mol. The fraction of sp³-hybridized carbons (Fsp3) is 0.750. The van der Waals surface area contributed by atoms with E-state index in [2.05, 4.69) is 31.7 Å². The van der Waals surface area contributed by atoms with Crippen molar-refractivity contribution in [3.05, 3.63) is 17.7 Å². The van der Waals surface area contributed by atoms with E-state index in [9.17, 15) is 5.26 Å². The Balaban J connectivity index is 1.24. The maximum atomic E-state index is 9.68. The molecule has 162 valence electrons. The van der Waals surface area contributed by atoms with Gasteiger partial charge < -0.3 is 9.80 Å². The molecule has 0 aromatic carbocycles. The van der Waals surface area contributed by atoms with Crippen molar-refractivity contribution in [1.29, 1.82) is 5.26 Å². The van der Waals surface area contributed by atoms with Gasteiger partial charge in [0.05, 0.1) is 5.56 Å². The predicted molar refractivity (Wildman–Crippen MR) is 121 cm³/mol. The van der Waals surface area contributed by atoms with Crippen molar-refractivity contribution < 1.29 is 0 Å². The fourth-order valence-corrected chi connectivity index (χ4v) is 6.10. The molecule has 1 aromatic rings. The summed E-state index contributed by atoms with van der Waals surface area (Å²) < 4.78 is 0. The van der Waals surface area contributed by atoms with Gasteiger partial charge in [0.1, 0.15) is 17.7 Å². The predicted octanol–water partition coefficient (Wildman–Crippen LogP) is 3.08. The Hall–Kier alpha value is -1.84. The molecule has 2 saturated heterocycles. The number of hydrogen-bond acceptors (Lipinski definition) is 6. The first kappa shape index (κ1) is 20.1. The van der Waals surface area contributed by atoms with Crippen LogP contribution in [0.3, 0.4) is 0 Å². The molecule has 2 aliphatic heterocycles. The molecule has 5 rings (SSSR count). The zero-order chi connectivity index (χ0) is 20.3. The second-order valence-corrected chi connectivity index (χ2v) is 9.58. The van der Waals surface area contributed by atoms with Gasteiger partial charge in [-0.15, -0.1) is 0 Å². The van der Waals surface area contributed by atoms with Crippen LogP contribution in [0.4, 0.5) is 11.6 Å². The molecule has 4 aliphatic rings. The third-order valence-corrected chi connectivity index (χ3v) is 7.92. The maximum Gasteiger partial charge on any atom is 0.149 e. The minimum absolute atomic E-state index is 0.720. The average molecular weight is 409 g/mol. The van der Waals surface area contributed by atoms with Crippen molar-refractivity contribution in [2.24, 2.45) is 0 Å². The molecule has 0 bridgehead atoms. The molecule has 0 amide bonds. The van der Waals surface area contributed by atoms with Gasteiger partial charge in [0, 0.05) is 64.4 Å². The van der Waals surface area contributed by atoms with Gasteiger partial charge in [-0.25, -0.2) is 4.98 Å². The van der Waals surface area contributed by atoms with E-state index < -0.39 is 0 Å². The molecule has 2 aliphatic carbocycles. The normalized spacial score (nSPS) is 25.2. The molecule has 0 radical (unpaired) electrons. The summed E-state index contributed by atoms with van der Waals surface area (Å²) in [6, 6.07) is 8.04. The monoisotopic (exact) mass is 408 g/mol. The lowest BCUT2D eigenvalue weighted by Gasteiger charge is -2.40. The molecule has 4 fully saturated rings. The third-order valence-electron chi connectivity index (χ3n) is 7.92. The lowest BCUT2D eigenvalue weighted by atomic mass is 10.1. The van der Waals surface area contributed by atoms with E-state index in [0.29, 0.717) is 0 Å². The van der Waals surface area contributed by atoms with Crippen LogP contribution >= 0.6 is 0 Å². The highest BCUT2D eigenvalue weighted by molar-refractivity contribution is 5.59. The topological polar surface area (TPSA) is 49.6 Å². The van der Waals surface area contributed by atoms with Crippen LogP contribution in [0.5, 0.6) is 0 Å². The van der Waals surface area contributed by atoms with Crippen LogP contribution in [0.15, 0.2) is 12.1 Å². The van der Waals surface area contributed by atoms with Crippen LogP contribution in [0.2, 0.25) is 0 Å². The van der Waals surface area contributed by atoms with Crippen molar-refractivity contribution in [2.75, 3.05) is 62.2 Å². The number of piperazine rings is 2. The zero-order valence-corrected chi connectivity index (χ0v) is 18.3. The van der Waals surface area contributed by atoms with E-state index >= 15 is 0 Å². The Bertz CT molecular complexity index is 745. The number of rotatable bonds is 4. The van der Waals surface area contributed by atoms with Crippen LogP contribution in [0.25, 0.3) is 0 Å². The average Bonchev–Trinajstić information content (AvgIpc) is 3.54. The zero-order valence-electron chi connectivity index (χ0n) is 18.3. The van der Waals surface area contributed by atoms with E-state index in [-0.39, 0.29) is 0 Å². The molecule has 0 unspecified atom stereocenters. The Morgan fingerprint density at radius 3 is 1.70 bits per heavy atom. The summed E-state index contributed by atoms with van der Waals surface area (Å²) in [5.41, 5.74) is 0.720. The SMILES string of the molecule is N#Cc1ccc(N2CCN(C3CCCC3)CC2)nc1N1CCN(C2CCCC2)CC1. The van der Waals surface area contributed by atoms with Gasteiger partial charge in [-0.3, -0.25) is 9.80 Å². The number of pyridine rings is 1. The fourth-order valence-electron chi connectivity index (χ4n) is 6.10. The molecular formula is C24H36N6. The standard InChI is InChI=1S/C24H36N6/c25-19-20-9-10-23(29-15-11-27(12-16-29)21-5-1-2-6-21)26-24(20)30-17-13-28(14-18-30)22-7-3-4-8-22/h9-10,21-22H,1-8,11-18H2. The van der Waals surface area contributed by atoms with Crippen LogP contribution in [-0.4, -0.2) is 79.2 Å². The Labute approximate surface area is 181 Å². The molecule has 2 saturated carbocycles. The highest BCUT2D eigenvalue weighted by atomic mass is 15.3. The summed E-state index contributed by atoms with van der Waals surface area (Å²) in [7, 11) is 0. The first-order valence-electron chi connectivity index (χ1n) is 12.2. The molecule has 0 N–H and O–H groups in total. The Kier molecular flexibility index (Phi) is 6.10. The molecule has 30 heavy (non-hydrogen) atoms. The van der Waals surface area contributed by atoms with Gasteiger partial charge in [-0.2, -0.15) is 5.26 Å². The minimum Gasteiger partial charge on any atom is -0.354 e. The van der Waals surface area contributed by atoms with E-state index in [1.54, 1.807) is 0 Å². The first-order chi connectivity index (χ1) is 14.8. The highest BCUT2D eigenvalue weighted by Gasteiger charge is 2.29. The largest absolute Gasteiger partial charge is 0.354 e. The van der Waals surface area contributed by atoms with E-state index in [4.69, 9.17) is 4.98 Å². The van der Waals surface area contributed by atoms with E-state index in [1.807, 2.05) is 6.07 Å². The summed E-state index contributed by atoms with van der Waals surface area (Å²) in [5, 5.41) is 9.68. The van der Waals surface area contributed by atoms with Crippen LogP contribution in [0, 0.1) is 11.3 Å². The van der Waals surface area contributed by atoms with Crippen LogP contribution in [0.1, 0.15) is 56.9 Å². The first-order valence-corrected chi connectivity index (χ1v) is 12.2. The van der Waals surface area contributed by atoms with E-state index in [0.717, 1.165) is 81.6 Å². The van der Waals surface area contributed by atoms with Gasteiger partial charge in [0.15, 0.2) is 0 Å². The summed E-state index contributed by atoms with van der Waals surface area (Å²) in [5.74, 6) is 1.95. The summed E-state index contributed by atoms with van der Waals surface area (Å²) in [6.07, 6.45) is 11.1. The van der Waals surface area contributed by atoms with E-state index in [1.165, 1.54) is 51.4 Å². The second kappa shape index (κ2) is 9.11. The minimum atomic E-state index is 0.720. The van der Waals surface area contributed by atoms with Crippen molar-refractivity contribution in [3.8, 4) is 6.07 Å². The van der Waals surface area contributed by atoms with Crippen LogP contribution in [-0.2, 0) is 0 Å². The lowest BCUT2D eigenvalue weighted by Crippen LogP contribution is -2.51. The third kappa shape index (κ3) is 4.15. The number of nitrogens with zero attached hydrogens (tertiary/aromatic N) is 6. The van der Waals surface area contributed by atoms with Crippen molar-refractivity contribution in [2.45, 2.75) is 63.5 Å². The molecule has 0 spiro atoms. The van der Waals surface area contributed by atoms with Gasteiger partial charge in [0.25, 0.3) is 0 Å². The molecule has 3 heterocycles. The van der Waals surface area contributed by atoms with Crippen molar-refractivity contribution >= 4 is 11.6 Å². The van der Waals surface area contributed by atoms with Crippen LogP contribution < -0.4 is 9.80 Å². The number of anilines is 2. The Morgan fingerprint density at radius 2 is 1.20 bits per heavy atom. The molecule has 6 heteroatoms. The van der Waals surface area contributed by atoms with Crippen molar-refractivity contribution in [1.82, 2.24) is 14.8 Å². The number of aromatic nitrogens is 1. The lowest BCUT2D eigenvalue weighted by molar-refractivity contribution is 0.186. The summed E-state index contributed by atoms with van der Waals surface area (Å²) >= 11 is 0. The summed E-state index contributed by atoms with van der Waals surface area (Å²) in [6.45, 7) is 8.54. The maximum absolute atomic E-state index is 9.68.